The summed E-state index contributed by atoms with van der Waals surface area (Å²) in [6.07, 6.45) is 1.98. The van der Waals surface area contributed by atoms with Gasteiger partial charge in [0.25, 0.3) is 5.56 Å². The summed E-state index contributed by atoms with van der Waals surface area (Å²) in [5.41, 5.74) is 4.93. The first-order valence-corrected chi connectivity index (χ1v) is 18.2. The highest BCUT2D eigenvalue weighted by Crippen LogP contribution is 2.42. The molecule has 0 aliphatic carbocycles. The summed E-state index contributed by atoms with van der Waals surface area (Å²) in [6.45, 7) is 0.443. The normalized spacial score (nSPS) is 14.4. The zero-order valence-electron chi connectivity index (χ0n) is 30.0. The van der Waals surface area contributed by atoms with Gasteiger partial charge in [0.1, 0.15) is 5.65 Å². The van der Waals surface area contributed by atoms with E-state index in [0.29, 0.717) is 67.6 Å². The van der Waals surface area contributed by atoms with Gasteiger partial charge in [-0.2, -0.15) is 0 Å². The number of nitrogens with one attached hydrogen (secondary N) is 3. The largest absolute Gasteiger partial charge is 0.481 e. The fourth-order valence-electron chi connectivity index (χ4n) is 6.48. The number of fused-ring (bicyclic) bond motifs is 1. The molecule has 3 amide bonds. The first-order valence-electron chi connectivity index (χ1n) is 17.5. The highest BCUT2D eigenvalue weighted by molar-refractivity contribution is 6.39. The number of aliphatic hydroxyl groups is 1. The lowest BCUT2D eigenvalue weighted by molar-refractivity contribution is -0.122. The number of halogens is 2. The minimum absolute atomic E-state index is 0.0120. The topological polar surface area (TPSA) is 187 Å². The average molecular weight is 789 g/mol. The van der Waals surface area contributed by atoms with Crippen molar-refractivity contribution in [2.24, 2.45) is 0 Å². The Labute approximate surface area is 326 Å². The molecule has 1 aliphatic rings. The van der Waals surface area contributed by atoms with E-state index in [1.54, 1.807) is 30.5 Å². The maximum atomic E-state index is 13.2. The van der Waals surface area contributed by atoms with Crippen LogP contribution in [0.3, 0.4) is 0 Å². The summed E-state index contributed by atoms with van der Waals surface area (Å²) in [7, 11) is 2.96. The number of aliphatic hydroxyl groups excluding tert-OH is 1. The number of nitrogens with zero attached hydrogens (tertiary/aromatic N) is 4. The van der Waals surface area contributed by atoms with E-state index in [1.807, 2.05) is 36.4 Å². The third-order valence-electron chi connectivity index (χ3n) is 9.34. The fourth-order valence-corrected chi connectivity index (χ4v) is 7.14. The number of benzene rings is 2. The van der Waals surface area contributed by atoms with E-state index in [0.717, 1.165) is 5.56 Å². The van der Waals surface area contributed by atoms with Gasteiger partial charge in [0.15, 0.2) is 0 Å². The molecule has 0 radical (unpaired) electrons. The molecule has 16 heteroatoms. The van der Waals surface area contributed by atoms with Gasteiger partial charge in [-0.25, -0.2) is 14.8 Å². The van der Waals surface area contributed by atoms with Crippen LogP contribution in [-0.4, -0.2) is 86.8 Å². The minimum Gasteiger partial charge on any atom is -0.481 e. The second-order valence-electron chi connectivity index (χ2n) is 13.1. The predicted molar refractivity (Wildman–Crippen MR) is 208 cm³/mol. The summed E-state index contributed by atoms with van der Waals surface area (Å²) in [5.74, 6) is -0.130. The van der Waals surface area contributed by atoms with Crippen LogP contribution >= 0.6 is 23.2 Å². The van der Waals surface area contributed by atoms with Gasteiger partial charge in [-0.3, -0.25) is 18.8 Å². The summed E-state index contributed by atoms with van der Waals surface area (Å²) in [6, 6.07) is 17.9. The van der Waals surface area contributed by atoms with Gasteiger partial charge in [0.2, 0.25) is 17.7 Å². The van der Waals surface area contributed by atoms with Crippen molar-refractivity contribution in [1.82, 2.24) is 35.2 Å². The van der Waals surface area contributed by atoms with Crippen LogP contribution in [0.2, 0.25) is 10.0 Å². The second kappa shape index (κ2) is 17.3. The number of methoxy groups -OCH3 is 1. The van der Waals surface area contributed by atoms with E-state index < -0.39 is 12.2 Å². The number of pyridine rings is 2. The molecule has 55 heavy (non-hydrogen) atoms. The first kappa shape index (κ1) is 39.2. The molecule has 2 aromatic carbocycles. The Kier molecular flexibility index (Phi) is 12.3. The first-order chi connectivity index (χ1) is 26.5. The van der Waals surface area contributed by atoms with Crippen molar-refractivity contribution in [3.63, 3.8) is 0 Å². The van der Waals surface area contributed by atoms with Crippen molar-refractivity contribution in [3.05, 3.63) is 105 Å². The number of aromatic nitrogens is 3. The van der Waals surface area contributed by atoms with E-state index in [-0.39, 0.29) is 61.9 Å². The number of ether oxygens (including phenoxy) is 1. The molecule has 286 valence electrons. The minimum atomic E-state index is -1.12. The lowest BCUT2D eigenvalue weighted by atomic mass is 9.97. The third kappa shape index (κ3) is 8.89. The number of hydrogen-bond donors (Lipinski definition) is 5. The van der Waals surface area contributed by atoms with E-state index in [1.165, 1.54) is 29.7 Å². The molecule has 2 atom stereocenters. The number of amides is 3. The molecule has 1 saturated heterocycles. The molecule has 0 saturated carbocycles. The van der Waals surface area contributed by atoms with Crippen LogP contribution in [-0.2, 0) is 22.7 Å². The summed E-state index contributed by atoms with van der Waals surface area (Å²) in [5, 5.41) is 29.0. The van der Waals surface area contributed by atoms with Gasteiger partial charge in [0, 0.05) is 84.9 Å². The Morgan fingerprint density at radius 1 is 1.04 bits per heavy atom. The van der Waals surface area contributed by atoms with Gasteiger partial charge in [-0.1, -0.05) is 59.6 Å². The summed E-state index contributed by atoms with van der Waals surface area (Å²) >= 11 is 14.1. The quantitative estimate of drug-likeness (QED) is 0.105. The Balaban J connectivity index is 1.23. The number of carboxylic acid groups (broad SMARTS) is 1. The highest BCUT2D eigenvalue weighted by Gasteiger charge is 2.26. The van der Waals surface area contributed by atoms with E-state index in [4.69, 9.17) is 27.9 Å². The standard InChI is InChI=1S/C39H39Cl2N7O7/c1-42-34(51)16-26(49)19-43-17-24-18-44-32-15-22(13-14-48(32)38(24)52)27-5-3-6-28(35(27)40)29-7-4-8-30(36(29)41)31-11-9-23(37(46-31)55-2)20-47(39(53)54)21-25-10-12-33(50)45-25/h3-9,11,13-15,18,25-26,43,49H,10,12,16-17,19-21H2,1-2H3,(H,42,51)(H,45,50)(H,53,54)/t25-,26-/m0/s1. The molecule has 4 heterocycles. The van der Waals surface area contributed by atoms with E-state index in [9.17, 15) is 29.4 Å². The van der Waals surface area contributed by atoms with Crippen molar-refractivity contribution in [1.29, 1.82) is 0 Å². The SMILES string of the molecule is CNC(=O)C[C@H](O)CNCc1cnc2cc(-c3cccc(-c4cccc(-c5ccc(CN(C[C@@H]6CCC(=O)N6)C(=O)O)c(OC)n5)c4Cl)c3Cl)ccn2c1=O. The third-order valence-corrected chi connectivity index (χ3v) is 10.2. The van der Waals surface area contributed by atoms with Crippen LogP contribution in [0.5, 0.6) is 5.88 Å². The van der Waals surface area contributed by atoms with E-state index >= 15 is 0 Å². The van der Waals surface area contributed by atoms with Crippen molar-refractivity contribution in [2.75, 3.05) is 27.2 Å². The van der Waals surface area contributed by atoms with Crippen LogP contribution in [0, 0.1) is 0 Å². The molecule has 5 aromatic rings. The second-order valence-corrected chi connectivity index (χ2v) is 13.8. The van der Waals surface area contributed by atoms with Gasteiger partial charge >= 0.3 is 6.09 Å². The Hall–Kier alpha value is -5.54. The molecule has 1 aliphatic heterocycles. The number of hydrogen-bond acceptors (Lipinski definition) is 9. The zero-order valence-corrected chi connectivity index (χ0v) is 31.5. The maximum Gasteiger partial charge on any atom is 0.407 e. The van der Waals surface area contributed by atoms with Gasteiger partial charge < -0.3 is 35.8 Å². The molecule has 3 aromatic heterocycles. The predicted octanol–water partition coefficient (Wildman–Crippen LogP) is 4.75. The van der Waals surface area contributed by atoms with Crippen LogP contribution in [0.25, 0.3) is 39.2 Å². The van der Waals surface area contributed by atoms with Crippen molar-refractivity contribution >= 4 is 46.8 Å². The molecule has 6 rings (SSSR count). The van der Waals surface area contributed by atoms with Crippen molar-refractivity contribution in [2.45, 2.75) is 44.5 Å². The van der Waals surface area contributed by atoms with Crippen LogP contribution in [0.15, 0.2) is 77.9 Å². The Morgan fingerprint density at radius 3 is 2.42 bits per heavy atom. The van der Waals surface area contributed by atoms with Crippen LogP contribution in [0.4, 0.5) is 4.79 Å². The fraction of sp³-hybridized carbons (Fsp3) is 0.282. The lowest BCUT2D eigenvalue weighted by Crippen LogP contribution is -2.41. The van der Waals surface area contributed by atoms with Gasteiger partial charge in [0.05, 0.1) is 41.9 Å². The molecule has 1 fully saturated rings. The zero-order chi connectivity index (χ0) is 39.2. The smallest absolute Gasteiger partial charge is 0.407 e. The summed E-state index contributed by atoms with van der Waals surface area (Å²) in [4.78, 5) is 58.9. The van der Waals surface area contributed by atoms with Gasteiger partial charge in [-0.05, 0) is 36.2 Å². The van der Waals surface area contributed by atoms with Crippen molar-refractivity contribution in [3.8, 4) is 39.4 Å². The monoisotopic (exact) mass is 787 g/mol. The molecular weight excluding hydrogens is 749 g/mol. The molecule has 0 bridgehead atoms. The molecule has 14 nitrogen and oxygen atoms in total. The van der Waals surface area contributed by atoms with Gasteiger partial charge in [-0.15, -0.1) is 0 Å². The maximum absolute atomic E-state index is 13.2. The summed E-state index contributed by atoms with van der Waals surface area (Å²) < 4.78 is 7.01. The lowest BCUT2D eigenvalue weighted by Gasteiger charge is -2.23. The molecular formula is C39H39Cl2N7O7. The molecule has 0 unspecified atom stereocenters. The number of rotatable bonds is 14. The Morgan fingerprint density at radius 2 is 1.75 bits per heavy atom. The van der Waals surface area contributed by atoms with Crippen LogP contribution in [0.1, 0.15) is 30.4 Å². The average Bonchev–Trinajstić information content (AvgIpc) is 3.59. The molecule has 5 N–H and O–H groups in total. The van der Waals surface area contributed by atoms with Crippen LogP contribution < -0.4 is 26.2 Å². The highest BCUT2D eigenvalue weighted by atomic mass is 35.5. The van der Waals surface area contributed by atoms with Crippen molar-refractivity contribution < 1.29 is 29.3 Å². The van der Waals surface area contributed by atoms with E-state index in [2.05, 4.69) is 25.9 Å². The number of carbonyl (C=O) groups is 3. The molecule has 0 spiro atoms. The Bertz CT molecular complexity index is 2320. The number of carbonyl (C=O) groups excluding carboxylic acids is 2.